The summed E-state index contributed by atoms with van der Waals surface area (Å²) in [7, 11) is 0. The molecule has 0 fully saturated rings. The van der Waals surface area contributed by atoms with Crippen molar-refractivity contribution in [2.45, 2.75) is 6.61 Å². The van der Waals surface area contributed by atoms with E-state index >= 15 is 0 Å². The standard InChI is InChI=1S/C17H11Cl2N5OS2/c18-11-5-12(19)7-13(6-11)20-17-23-22-16(27-17)8-25-14-3-1-10(2-4-14)15-9-26-24-21-15/h1-7,9H,8H2,(H,20,23). The number of aromatic nitrogens is 4. The SMILES string of the molecule is Clc1cc(Cl)cc(Nc2nnc(COc3ccc(-c4csnn4)cc3)s2)c1. The van der Waals surface area contributed by atoms with Crippen molar-refractivity contribution in [1.29, 1.82) is 0 Å². The molecule has 0 spiro atoms. The van der Waals surface area contributed by atoms with Crippen molar-refractivity contribution in [1.82, 2.24) is 19.8 Å². The van der Waals surface area contributed by atoms with Gasteiger partial charge in [0.05, 0.1) is 0 Å². The van der Waals surface area contributed by atoms with Crippen LogP contribution in [0.5, 0.6) is 5.75 Å². The molecule has 136 valence electrons. The molecule has 0 saturated carbocycles. The molecule has 0 aliphatic carbocycles. The molecule has 0 amide bonds. The highest BCUT2D eigenvalue weighted by atomic mass is 35.5. The zero-order chi connectivity index (χ0) is 18.6. The zero-order valence-corrected chi connectivity index (χ0v) is 16.7. The van der Waals surface area contributed by atoms with Crippen molar-refractivity contribution in [3.8, 4) is 17.0 Å². The van der Waals surface area contributed by atoms with Gasteiger partial charge in [-0.25, -0.2) is 0 Å². The molecule has 0 aliphatic rings. The number of halogens is 2. The van der Waals surface area contributed by atoms with E-state index in [4.69, 9.17) is 27.9 Å². The molecule has 6 nitrogen and oxygen atoms in total. The molecule has 4 rings (SSSR count). The van der Waals surface area contributed by atoms with Crippen LogP contribution in [0.3, 0.4) is 0 Å². The first-order chi connectivity index (χ1) is 13.2. The second kappa shape index (κ2) is 8.18. The molecule has 2 aromatic heterocycles. The van der Waals surface area contributed by atoms with E-state index in [2.05, 4.69) is 25.1 Å². The van der Waals surface area contributed by atoms with Crippen molar-refractivity contribution in [3.05, 3.63) is 62.9 Å². The van der Waals surface area contributed by atoms with Gasteiger partial charge >= 0.3 is 0 Å². The Bertz CT molecular complexity index is 1020. The van der Waals surface area contributed by atoms with Crippen molar-refractivity contribution in [2.75, 3.05) is 5.32 Å². The van der Waals surface area contributed by atoms with Crippen LogP contribution in [0, 0.1) is 0 Å². The quantitative estimate of drug-likeness (QED) is 0.419. The lowest BCUT2D eigenvalue weighted by molar-refractivity contribution is 0.304. The Labute approximate surface area is 172 Å². The Morgan fingerprint density at radius 1 is 0.963 bits per heavy atom. The van der Waals surface area contributed by atoms with E-state index in [1.165, 1.54) is 22.9 Å². The van der Waals surface area contributed by atoms with Crippen LogP contribution in [0.4, 0.5) is 10.8 Å². The first kappa shape index (κ1) is 18.1. The predicted molar refractivity (Wildman–Crippen MR) is 109 cm³/mol. The predicted octanol–water partition coefficient (Wildman–Crippen LogP) is 5.69. The number of anilines is 2. The number of nitrogens with one attached hydrogen (secondary N) is 1. The lowest BCUT2D eigenvalue weighted by Crippen LogP contribution is -1.94. The molecule has 0 radical (unpaired) electrons. The maximum atomic E-state index is 6.00. The number of hydrogen-bond acceptors (Lipinski definition) is 8. The fourth-order valence-corrected chi connectivity index (χ4v) is 3.93. The summed E-state index contributed by atoms with van der Waals surface area (Å²) >= 11 is 14.7. The Hall–Kier alpha value is -2.26. The summed E-state index contributed by atoms with van der Waals surface area (Å²) < 4.78 is 9.64. The fourth-order valence-electron chi connectivity index (χ4n) is 2.27. The van der Waals surface area contributed by atoms with Gasteiger partial charge < -0.3 is 10.1 Å². The van der Waals surface area contributed by atoms with E-state index in [1.807, 2.05) is 29.6 Å². The summed E-state index contributed by atoms with van der Waals surface area (Å²) in [6.45, 7) is 0.327. The van der Waals surface area contributed by atoms with E-state index in [1.54, 1.807) is 18.2 Å². The van der Waals surface area contributed by atoms with Crippen molar-refractivity contribution in [3.63, 3.8) is 0 Å². The number of rotatable bonds is 6. The molecule has 0 unspecified atom stereocenters. The molecule has 4 aromatic rings. The van der Waals surface area contributed by atoms with Gasteiger partial charge in [-0.05, 0) is 54.0 Å². The van der Waals surface area contributed by atoms with Crippen LogP contribution in [0.1, 0.15) is 5.01 Å². The van der Waals surface area contributed by atoms with Crippen LogP contribution in [0.25, 0.3) is 11.3 Å². The third-order valence-corrected chi connectivity index (χ3v) is 5.21. The summed E-state index contributed by atoms with van der Waals surface area (Å²) in [6, 6.07) is 12.9. The smallest absolute Gasteiger partial charge is 0.210 e. The van der Waals surface area contributed by atoms with Gasteiger partial charge in [0.15, 0.2) is 5.01 Å². The van der Waals surface area contributed by atoms with Gasteiger partial charge in [-0.2, -0.15) is 0 Å². The average molecular weight is 436 g/mol. The lowest BCUT2D eigenvalue weighted by Gasteiger charge is -2.04. The molecular weight excluding hydrogens is 425 g/mol. The van der Waals surface area contributed by atoms with Crippen LogP contribution in [-0.4, -0.2) is 19.8 Å². The summed E-state index contributed by atoms with van der Waals surface area (Å²) in [5.41, 5.74) is 2.61. The van der Waals surface area contributed by atoms with Crippen LogP contribution >= 0.6 is 46.1 Å². The Morgan fingerprint density at radius 2 is 1.74 bits per heavy atom. The number of benzene rings is 2. The minimum atomic E-state index is 0.327. The Kier molecular flexibility index (Phi) is 5.49. The van der Waals surface area contributed by atoms with Gasteiger partial charge in [0.25, 0.3) is 0 Å². The molecule has 27 heavy (non-hydrogen) atoms. The van der Waals surface area contributed by atoms with E-state index in [0.717, 1.165) is 27.7 Å². The maximum absolute atomic E-state index is 6.00. The number of hydrogen-bond donors (Lipinski definition) is 1. The van der Waals surface area contributed by atoms with Crippen molar-refractivity contribution < 1.29 is 4.74 Å². The van der Waals surface area contributed by atoms with Crippen molar-refractivity contribution in [2.24, 2.45) is 0 Å². The molecule has 2 heterocycles. The molecule has 0 bridgehead atoms. The van der Waals surface area contributed by atoms with Gasteiger partial charge in [-0.1, -0.05) is 39.0 Å². The van der Waals surface area contributed by atoms with E-state index in [-0.39, 0.29) is 0 Å². The second-order valence-electron chi connectivity index (χ2n) is 5.39. The molecule has 0 atom stereocenters. The Balaban J connectivity index is 1.36. The third-order valence-electron chi connectivity index (χ3n) is 3.45. The summed E-state index contributed by atoms with van der Waals surface area (Å²) in [5.74, 6) is 0.744. The van der Waals surface area contributed by atoms with E-state index in [0.29, 0.717) is 21.8 Å². The van der Waals surface area contributed by atoms with Gasteiger partial charge in [-0.15, -0.1) is 15.3 Å². The third kappa shape index (κ3) is 4.72. The fraction of sp³-hybridized carbons (Fsp3) is 0.0588. The normalized spacial score (nSPS) is 10.7. The maximum Gasteiger partial charge on any atom is 0.210 e. The lowest BCUT2D eigenvalue weighted by atomic mass is 10.2. The number of ether oxygens (including phenoxy) is 1. The van der Waals surface area contributed by atoms with E-state index < -0.39 is 0 Å². The topological polar surface area (TPSA) is 72.8 Å². The largest absolute Gasteiger partial charge is 0.486 e. The molecule has 2 aromatic carbocycles. The zero-order valence-electron chi connectivity index (χ0n) is 13.6. The van der Waals surface area contributed by atoms with Crippen LogP contribution < -0.4 is 10.1 Å². The molecular formula is C17H11Cl2N5OS2. The summed E-state index contributed by atoms with van der Waals surface area (Å²) in [4.78, 5) is 0. The minimum Gasteiger partial charge on any atom is -0.486 e. The van der Waals surface area contributed by atoms with Gasteiger partial charge in [0.1, 0.15) is 18.1 Å². The Morgan fingerprint density at radius 3 is 2.44 bits per heavy atom. The molecule has 0 aliphatic heterocycles. The van der Waals surface area contributed by atoms with Gasteiger partial charge in [0.2, 0.25) is 5.13 Å². The van der Waals surface area contributed by atoms with E-state index in [9.17, 15) is 0 Å². The number of nitrogens with zero attached hydrogens (tertiary/aromatic N) is 4. The molecule has 10 heteroatoms. The summed E-state index contributed by atoms with van der Waals surface area (Å²) in [5, 5.41) is 19.8. The van der Waals surface area contributed by atoms with Crippen LogP contribution in [-0.2, 0) is 6.61 Å². The highest BCUT2D eigenvalue weighted by Gasteiger charge is 2.07. The highest BCUT2D eigenvalue weighted by Crippen LogP contribution is 2.27. The first-order valence-electron chi connectivity index (χ1n) is 7.71. The molecule has 0 saturated heterocycles. The average Bonchev–Trinajstić information content (AvgIpc) is 3.31. The van der Waals surface area contributed by atoms with Crippen molar-refractivity contribution >= 4 is 56.9 Å². The van der Waals surface area contributed by atoms with Gasteiger partial charge in [-0.3, -0.25) is 0 Å². The minimum absolute atomic E-state index is 0.327. The molecule has 1 N–H and O–H groups in total. The monoisotopic (exact) mass is 435 g/mol. The van der Waals surface area contributed by atoms with Crippen LogP contribution in [0.2, 0.25) is 10.0 Å². The summed E-state index contributed by atoms with van der Waals surface area (Å²) in [6.07, 6.45) is 0. The van der Waals surface area contributed by atoms with Crippen LogP contribution in [0.15, 0.2) is 47.8 Å². The second-order valence-corrected chi connectivity index (χ2v) is 7.93. The first-order valence-corrected chi connectivity index (χ1v) is 10.1. The highest BCUT2D eigenvalue weighted by molar-refractivity contribution is 7.15. The van der Waals surface area contributed by atoms with Gasteiger partial charge in [0, 0.05) is 26.7 Å².